The number of benzene rings is 2. The molecule has 0 fully saturated rings. The van der Waals surface area contributed by atoms with E-state index in [-0.39, 0.29) is 17.0 Å². The minimum Gasteiger partial charge on any atom is -0.435 e. The van der Waals surface area contributed by atoms with Crippen LogP contribution in [-0.2, 0) is 0 Å². The molecule has 0 aliphatic heterocycles. The molecule has 4 rings (SSSR count). The molecule has 2 heterocycles. The van der Waals surface area contributed by atoms with Crippen LogP contribution in [0.25, 0.3) is 22.7 Å². The molecule has 0 N–H and O–H groups in total. The summed E-state index contributed by atoms with van der Waals surface area (Å²) < 4.78 is 11.0. The third kappa shape index (κ3) is 3.36. The highest BCUT2D eigenvalue weighted by atomic mass is 16.6. The van der Waals surface area contributed by atoms with Gasteiger partial charge in [0.1, 0.15) is 17.0 Å². The molecule has 27 heavy (non-hydrogen) atoms. The Hall–Kier alpha value is -4.07. The van der Waals surface area contributed by atoms with E-state index in [2.05, 4.69) is 9.97 Å². The molecule has 4 aromatic rings. The average Bonchev–Trinajstić information content (AvgIpc) is 3.12. The zero-order valence-electron chi connectivity index (χ0n) is 13.7. The molecule has 0 aliphatic rings. The Morgan fingerprint density at radius 3 is 2.59 bits per heavy atom. The van der Waals surface area contributed by atoms with Crippen molar-refractivity contribution < 1.29 is 18.9 Å². The maximum Gasteiger partial charge on any atom is 0.343 e. The summed E-state index contributed by atoms with van der Waals surface area (Å²) in [5, 5.41) is 10.7. The number of oxazole rings is 1. The Kier molecular flexibility index (Phi) is 4.06. The van der Waals surface area contributed by atoms with Gasteiger partial charge in [-0.15, -0.1) is 0 Å². The summed E-state index contributed by atoms with van der Waals surface area (Å²) in [4.78, 5) is 30.9. The van der Waals surface area contributed by atoms with Gasteiger partial charge in [0, 0.05) is 24.4 Å². The molecular weight excluding hydrogens is 350 g/mol. The summed E-state index contributed by atoms with van der Waals surface area (Å²) in [5.74, 6) is 0.00716. The van der Waals surface area contributed by atoms with Gasteiger partial charge >= 0.3 is 5.97 Å². The van der Waals surface area contributed by atoms with Crippen LogP contribution in [0.3, 0.4) is 0 Å². The van der Waals surface area contributed by atoms with Crippen molar-refractivity contribution in [3.05, 3.63) is 82.5 Å². The lowest BCUT2D eigenvalue weighted by Gasteiger charge is -2.03. The molecule has 0 radical (unpaired) electrons. The molecule has 0 amide bonds. The second kappa shape index (κ2) is 6.68. The lowest BCUT2D eigenvalue weighted by molar-refractivity contribution is -0.384. The van der Waals surface area contributed by atoms with Crippen LogP contribution < -0.4 is 4.74 Å². The number of fused-ring (bicyclic) bond motifs is 1. The van der Waals surface area contributed by atoms with Gasteiger partial charge in [0.05, 0.1) is 10.5 Å². The van der Waals surface area contributed by atoms with Crippen molar-refractivity contribution in [3.8, 4) is 17.3 Å². The number of carbonyl (C=O) groups is 1. The highest BCUT2D eigenvalue weighted by Crippen LogP contribution is 2.26. The summed E-state index contributed by atoms with van der Waals surface area (Å²) in [6.07, 6.45) is 1.64. The first-order valence-electron chi connectivity index (χ1n) is 7.89. The first kappa shape index (κ1) is 16.4. The van der Waals surface area contributed by atoms with Crippen LogP contribution in [0.5, 0.6) is 5.75 Å². The van der Waals surface area contributed by atoms with Crippen molar-refractivity contribution in [3.63, 3.8) is 0 Å². The smallest absolute Gasteiger partial charge is 0.343 e. The molecule has 0 unspecified atom stereocenters. The molecule has 0 aliphatic carbocycles. The molecule has 0 spiro atoms. The van der Waals surface area contributed by atoms with Gasteiger partial charge in [0.2, 0.25) is 5.89 Å². The van der Waals surface area contributed by atoms with Crippen molar-refractivity contribution in [2.75, 3.05) is 0 Å². The number of pyridine rings is 1. The fraction of sp³-hybridized carbons (Fsp3) is 0. The summed E-state index contributed by atoms with van der Waals surface area (Å²) in [7, 11) is 0. The molecule has 8 nitrogen and oxygen atoms in total. The van der Waals surface area contributed by atoms with Gasteiger partial charge < -0.3 is 9.15 Å². The number of non-ortho nitro benzene ring substituents is 1. The summed E-state index contributed by atoms with van der Waals surface area (Å²) in [6.45, 7) is 0. The number of rotatable bonds is 4. The zero-order valence-corrected chi connectivity index (χ0v) is 13.7. The van der Waals surface area contributed by atoms with Crippen molar-refractivity contribution in [1.29, 1.82) is 0 Å². The van der Waals surface area contributed by atoms with Gasteiger partial charge in [-0.3, -0.25) is 15.1 Å². The van der Waals surface area contributed by atoms with Crippen molar-refractivity contribution in [2.24, 2.45) is 0 Å². The van der Waals surface area contributed by atoms with E-state index >= 15 is 0 Å². The predicted octanol–water partition coefficient (Wildman–Crippen LogP) is 4.02. The minimum absolute atomic E-state index is 0.100. The topological polar surface area (TPSA) is 108 Å². The largest absolute Gasteiger partial charge is 0.435 e. The molecule has 0 bridgehead atoms. The Morgan fingerprint density at radius 2 is 1.89 bits per heavy atom. The standard InChI is InChI=1S/C19H11N3O5/c23-19(12-4-6-13(7-5-12)22(24)25)26-14-8-9-15-17(11-14)27-18(21-15)16-3-1-2-10-20-16/h1-11H. The molecule has 0 saturated carbocycles. The maximum atomic E-state index is 12.2. The van der Waals surface area contributed by atoms with E-state index in [0.717, 1.165) is 0 Å². The second-order valence-electron chi connectivity index (χ2n) is 5.56. The van der Waals surface area contributed by atoms with Gasteiger partial charge in [-0.1, -0.05) is 6.07 Å². The lowest BCUT2D eigenvalue weighted by Crippen LogP contribution is -2.08. The maximum absolute atomic E-state index is 12.2. The normalized spacial score (nSPS) is 10.7. The number of nitro benzene ring substituents is 1. The first-order valence-corrected chi connectivity index (χ1v) is 7.89. The van der Waals surface area contributed by atoms with E-state index in [1.165, 1.54) is 24.3 Å². The average molecular weight is 361 g/mol. The molecular formula is C19H11N3O5. The number of aromatic nitrogens is 2. The Morgan fingerprint density at radius 1 is 1.07 bits per heavy atom. The quantitative estimate of drug-likeness (QED) is 0.234. The van der Waals surface area contributed by atoms with E-state index in [0.29, 0.717) is 22.7 Å². The lowest BCUT2D eigenvalue weighted by atomic mass is 10.2. The molecule has 2 aromatic heterocycles. The summed E-state index contributed by atoms with van der Waals surface area (Å²) in [5.41, 5.74) is 1.75. The number of nitrogens with zero attached hydrogens (tertiary/aromatic N) is 3. The van der Waals surface area contributed by atoms with E-state index < -0.39 is 10.9 Å². The fourth-order valence-electron chi connectivity index (χ4n) is 2.45. The van der Waals surface area contributed by atoms with Crippen LogP contribution >= 0.6 is 0 Å². The highest BCUT2D eigenvalue weighted by Gasteiger charge is 2.14. The van der Waals surface area contributed by atoms with Gasteiger partial charge in [-0.2, -0.15) is 0 Å². The van der Waals surface area contributed by atoms with E-state index in [1.54, 1.807) is 36.5 Å². The van der Waals surface area contributed by atoms with Crippen LogP contribution in [0.1, 0.15) is 10.4 Å². The molecule has 8 heteroatoms. The van der Waals surface area contributed by atoms with Crippen LogP contribution in [0.15, 0.2) is 71.3 Å². The summed E-state index contributed by atoms with van der Waals surface area (Å²) in [6, 6.07) is 15.4. The Bertz CT molecular complexity index is 1140. The number of carbonyl (C=O) groups excluding carboxylic acids is 1. The highest BCUT2D eigenvalue weighted by molar-refractivity contribution is 5.91. The van der Waals surface area contributed by atoms with Crippen LogP contribution in [0.2, 0.25) is 0 Å². The van der Waals surface area contributed by atoms with Gasteiger partial charge in [0.15, 0.2) is 5.58 Å². The first-order chi connectivity index (χ1) is 13.1. The SMILES string of the molecule is O=C(Oc1ccc2nc(-c3ccccn3)oc2c1)c1ccc([N+](=O)[O-])cc1. The number of hydrogen-bond donors (Lipinski definition) is 0. The van der Waals surface area contributed by atoms with E-state index in [9.17, 15) is 14.9 Å². The minimum atomic E-state index is -0.631. The molecule has 0 atom stereocenters. The predicted molar refractivity (Wildman–Crippen MR) is 95.3 cm³/mol. The monoisotopic (exact) mass is 361 g/mol. The Labute approximate surface area is 152 Å². The van der Waals surface area contributed by atoms with Crippen molar-refractivity contribution in [2.45, 2.75) is 0 Å². The van der Waals surface area contributed by atoms with Crippen LogP contribution in [0, 0.1) is 10.1 Å². The van der Waals surface area contributed by atoms with E-state index in [1.807, 2.05) is 6.07 Å². The third-order valence-electron chi connectivity index (χ3n) is 3.77. The van der Waals surface area contributed by atoms with Gasteiger partial charge in [0.25, 0.3) is 5.69 Å². The van der Waals surface area contributed by atoms with Crippen LogP contribution in [0.4, 0.5) is 5.69 Å². The second-order valence-corrected chi connectivity index (χ2v) is 5.56. The van der Waals surface area contributed by atoms with Gasteiger partial charge in [-0.25, -0.2) is 9.78 Å². The number of nitro groups is 1. The number of ether oxygens (including phenoxy) is 1. The number of hydrogen-bond acceptors (Lipinski definition) is 7. The number of esters is 1. The molecule has 132 valence electrons. The third-order valence-corrected chi connectivity index (χ3v) is 3.77. The Balaban J connectivity index is 1.57. The van der Waals surface area contributed by atoms with Crippen molar-refractivity contribution in [1.82, 2.24) is 9.97 Å². The molecule has 0 saturated heterocycles. The van der Waals surface area contributed by atoms with Gasteiger partial charge in [-0.05, 0) is 36.4 Å². The van der Waals surface area contributed by atoms with Crippen molar-refractivity contribution >= 4 is 22.8 Å². The van der Waals surface area contributed by atoms with E-state index in [4.69, 9.17) is 9.15 Å². The fourth-order valence-corrected chi connectivity index (χ4v) is 2.45. The van der Waals surface area contributed by atoms with Crippen LogP contribution in [-0.4, -0.2) is 20.9 Å². The summed E-state index contributed by atoms with van der Waals surface area (Å²) >= 11 is 0. The zero-order chi connectivity index (χ0) is 18.8. The molecule has 2 aromatic carbocycles.